The van der Waals surface area contributed by atoms with Gasteiger partial charge in [-0.2, -0.15) is 5.10 Å². The van der Waals surface area contributed by atoms with Gasteiger partial charge in [0.2, 0.25) is 0 Å². The first kappa shape index (κ1) is 10.7. The van der Waals surface area contributed by atoms with Crippen LogP contribution < -0.4 is 4.72 Å². The maximum absolute atomic E-state index is 11.5. The Balaban J connectivity index is 2.79. The number of hydrogen-bond acceptors (Lipinski definition) is 3. The summed E-state index contributed by atoms with van der Waals surface area (Å²) in [5.74, 6) is 0. The van der Waals surface area contributed by atoms with E-state index in [-0.39, 0.29) is 11.1 Å². The Labute approximate surface area is 85.1 Å². The molecule has 74 valence electrons. The third-order valence-electron chi connectivity index (χ3n) is 1.35. The molecular weight excluding hydrogens is 258 g/mol. The Kier molecular flexibility index (Phi) is 3.46. The topological polar surface area (TPSA) is 74.8 Å². The van der Waals surface area contributed by atoms with Crippen LogP contribution in [0.15, 0.2) is 17.3 Å². The summed E-state index contributed by atoms with van der Waals surface area (Å²) < 4.78 is 25.4. The zero-order valence-electron chi connectivity index (χ0n) is 6.99. The van der Waals surface area contributed by atoms with Crippen LogP contribution in [0.25, 0.3) is 0 Å². The van der Waals surface area contributed by atoms with Crippen LogP contribution in [0.5, 0.6) is 0 Å². The van der Waals surface area contributed by atoms with Crippen LogP contribution >= 0.6 is 15.9 Å². The first-order valence-corrected chi connectivity index (χ1v) is 6.24. The fourth-order valence-corrected chi connectivity index (χ4v) is 2.28. The number of alkyl halides is 1. The Morgan fingerprint density at radius 2 is 2.46 bits per heavy atom. The Morgan fingerprint density at radius 3 is 2.92 bits per heavy atom. The summed E-state index contributed by atoms with van der Waals surface area (Å²) in [4.78, 5) is 0. The van der Waals surface area contributed by atoms with Gasteiger partial charge in [-0.25, -0.2) is 13.1 Å². The van der Waals surface area contributed by atoms with Gasteiger partial charge in [0.15, 0.2) is 5.03 Å². The molecule has 0 aliphatic carbocycles. The molecule has 0 saturated heterocycles. The molecule has 0 aliphatic rings. The molecule has 2 N–H and O–H groups in total. The van der Waals surface area contributed by atoms with Gasteiger partial charge in [0.25, 0.3) is 10.0 Å². The molecular formula is C6H10BrN3O2S. The number of nitrogens with zero attached hydrogens (tertiary/aromatic N) is 1. The van der Waals surface area contributed by atoms with E-state index in [0.717, 1.165) is 0 Å². The normalized spacial score (nSPS) is 14.3. The molecule has 0 radical (unpaired) electrons. The van der Waals surface area contributed by atoms with Gasteiger partial charge in [-0.1, -0.05) is 15.9 Å². The average Bonchev–Trinajstić information content (AvgIpc) is 2.55. The minimum absolute atomic E-state index is 0.0836. The summed E-state index contributed by atoms with van der Waals surface area (Å²) >= 11 is 3.18. The number of sulfonamides is 1. The quantitative estimate of drug-likeness (QED) is 0.779. The summed E-state index contributed by atoms with van der Waals surface area (Å²) in [5, 5.41) is 6.61. The molecule has 1 aromatic heterocycles. The molecule has 1 aromatic rings. The Morgan fingerprint density at radius 1 is 1.77 bits per heavy atom. The lowest BCUT2D eigenvalue weighted by atomic mass is 10.4. The van der Waals surface area contributed by atoms with E-state index in [1.165, 1.54) is 12.3 Å². The molecule has 0 aliphatic heterocycles. The van der Waals surface area contributed by atoms with E-state index in [0.29, 0.717) is 5.33 Å². The number of halogens is 1. The standard InChI is InChI=1S/C6H10BrN3O2S/c1-5(4-7)10-13(11,12)6-2-3-8-9-6/h2-3,5,10H,4H2,1H3,(H,8,9). The predicted octanol–water partition coefficient (Wildman–Crippen LogP) is 0.471. The smallest absolute Gasteiger partial charge is 0.257 e. The van der Waals surface area contributed by atoms with Gasteiger partial charge >= 0.3 is 0 Å². The van der Waals surface area contributed by atoms with E-state index >= 15 is 0 Å². The second-order valence-electron chi connectivity index (χ2n) is 2.60. The van der Waals surface area contributed by atoms with Crippen LogP contribution in [-0.2, 0) is 10.0 Å². The van der Waals surface area contributed by atoms with Crippen molar-refractivity contribution >= 4 is 26.0 Å². The number of nitrogens with one attached hydrogen (secondary N) is 2. The minimum Gasteiger partial charge on any atom is -0.266 e. The van der Waals surface area contributed by atoms with E-state index in [1.807, 2.05) is 0 Å². The molecule has 1 unspecified atom stereocenters. The highest BCUT2D eigenvalue weighted by atomic mass is 79.9. The first-order valence-electron chi connectivity index (χ1n) is 3.64. The molecule has 5 nitrogen and oxygen atoms in total. The third kappa shape index (κ3) is 2.78. The maximum atomic E-state index is 11.5. The second kappa shape index (κ2) is 4.21. The molecule has 0 spiro atoms. The molecule has 0 fully saturated rings. The molecule has 1 atom stereocenters. The lowest BCUT2D eigenvalue weighted by molar-refractivity contribution is 0.567. The van der Waals surface area contributed by atoms with Crippen molar-refractivity contribution in [3.63, 3.8) is 0 Å². The number of aromatic nitrogens is 2. The SMILES string of the molecule is CC(CBr)NS(=O)(=O)c1ccn[nH]1. The van der Waals surface area contributed by atoms with Crippen LogP contribution in [0.1, 0.15) is 6.92 Å². The van der Waals surface area contributed by atoms with Gasteiger partial charge < -0.3 is 0 Å². The summed E-state index contributed by atoms with van der Waals surface area (Å²) in [6.45, 7) is 1.77. The van der Waals surface area contributed by atoms with Crippen LogP contribution in [0.4, 0.5) is 0 Å². The van der Waals surface area contributed by atoms with Gasteiger partial charge in [0, 0.05) is 11.4 Å². The molecule has 0 aromatic carbocycles. The number of hydrogen-bond donors (Lipinski definition) is 2. The molecule has 0 saturated carbocycles. The first-order chi connectivity index (χ1) is 6.06. The van der Waals surface area contributed by atoms with Gasteiger partial charge in [0.1, 0.15) is 0 Å². The predicted molar refractivity (Wildman–Crippen MR) is 52.2 cm³/mol. The van der Waals surface area contributed by atoms with Crippen molar-refractivity contribution in [2.24, 2.45) is 0 Å². The molecule has 0 bridgehead atoms. The number of aromatic amines is 1. The average molecular weight is 268 g/mol. The molecule has 1 heterocycles. The van der Waals surface area contributed by atoms with Crippen molar-refractivity contribution in [1.29, 1.82) is 0 Å². The highest BCUT2D eigenvalue weighted by Crippen LogP contribution is 2.04. The molecule has 1 rings (SSSR count). The van der Waals surface area contributed by atoms with E-state index in [1.54, 1.807) is 6.92 Å². The summed E-state index contributed by atoms with van der Waals surface area (Å²) in [5.41, 5.74) is 0. The van der Waals surface area contributed by atoms with E-state index in [4.69, 9.17) is 0 Å². The summed E-state index contributed by atoms with van der Waals surface area (Å²) in [6, 6.07) is 1.26. The van der Waals surface area contributed by atoms with Crippen molar-refractivity contribution in [1.82, 2.24) is 14.9 Å². The second-order valence-corrected chi connectivity index (χ2v) is 4.93. The fraction of sp³-hybridized carbons (Fsp3) is 0.500. The Bertz CT molecular complexity index is 348. The zero-order valence-corrected chi connectivity index (χ0v) is 9.39. The van der Waals surface area contributed by atoms with Crippen LogP contribution in [-0.4, -0.2) is 30.0 Å². The molecule has 7 heteroatoms. The van der Waals surface area contributed by atoms with Gasteiger partial charge in [-0.15, -0.1) is 0 Å². The van der Waals surface area contributed by atoms with Crippen LogP contribution in [0, 0.1) is 0 Å². The van der Waals surface area contributed by atoms with Crippen molar-refractivity contribution in [2.75, 3.05) is 5.33 Å². The van der Waals surface area contributed by atoms with Crippen molar-refractivity contribution in [2.45, 2.75) is 18.0 Å². The lowest BCUT2D eigenvalue weighted by Gasteiger charge is -2.09. The van der Waals surface area contributed by atoms with Gasteiger partial charge in [-0.05, 0) is 13.0 Å². The van der Waals surface area contributed by atoms with Crippen LogP contribution in [0.3, 0.4) is 0 Å². The molecule has 0 amide bonds. The maximum Gasteiger partial charge on any atom is 0.257 e. The largest absolute Gasteiger partial charge is 0.266 e. The molecule has 13 heavy (non-hydrogen) atoms. The van der Waals surface area contributed by atoms with Crippen LogP contribution in [0.2, 0.25) is 0 Å². The third-order valence-corrected chi connectivity index (χ3v) is 3.84. The summed E-state index contributed by atoms with van der Waals surface area (Å²) in [6.07, 6.45) is 1.40. The summed E-state index contributed by atoms with van der Waals surface area (Å²) in [7, 11) is -3.43. The number of rotatable bonds is 4. The Hall–Kier alpha value is -0.400. The van der Waals surface area contributed by atoms with Crippen molar-refractivity contribution in [3.05, 3.63) is 12.3 Å². The van der Waals surface area contributed by atoms with Gasteiger partial charge in [-0.3, -0.25) is 5.10 Å². The number of H-pyrrole nitrogens is 1. The van der Waals surface area contributed by atoms with Crippen molar-refractivity contribution < 1.29 is 8.42 Å². The van der Waals surface area contributed by atoms with Gasteiger partial charge in [0.05, 0.1) is 6.20 Å². The highest BCUT2D eigenvalue weighted by Gasteiger charge is 2.17. The van der Waals surface area contributed by atoms with E-state index < -0.39 is 10.0 Å². The fourth-order valence-electron chi connectivity index (χ4n) is 0.753. The lowest BCUT2D eigenvalue weighted by Crippen LogP contribution is -2.33. The zero-order chi connectivity index (χ0) is 9.90. The monoisotopic (exact) mass is 267 g/mol. The van der Waals surface area contributed by atoms with E-state index in [9.17, 15) is 8.42 Å². The van der Waals surface area contributed by atoms with E-state index in [2.05, 4.69) is 30.8 Å². The van der Waals surface area contributed by atoms with Crippen molar-refractivity contribution in [3.8, 4) is 0 Å². The minimum atomic E-state index is -3.43. The highest BCUT2D eigenvalue weighted by molar-refractivity contribution is 9.09.